The van der Waals surface area contributed by atoms with Crippen molar-refractivity contribution < 1.29 is 33.4 Å². The van der Waals surface area contributed by atoms with Crippen LogP contribution in [0.15, 0.2) is 60.9 Å². The van der Waals surface area contributed by atoms with Crippen LogP contribution < -0.4 is 10.6 Å². The van der Waals surface area contributed by atoms with Gasteiger partial charge in [0.15, 0.2) is 0 Å². The summed E-state index contributed by atoms with van der Waals surface area (Å²) < 4.78 is 15.3. The number of alkyl carbamates (subject to hydrolysis) is 2. The highest BCUT2D eigenvalue weighted by Gasteiger charge is 2.49. The summed E-state index contributed by atoms with van der Waals surface area (Å²) in [5, 5.41) is 5.46. The first-order valence-electron chi connectivity index (χ1n) is 20.6. The monoisotopic (exact) mass is 808 g/mol. The molecule has 0 radical (unpaired) electrons. The molecule has 2 aromatic heterocycles. The van der Waals surface area contributed by atoms with Gasteiger partial charge in [0.2, 0.25) is 11.8 Å². The average molecular weight is 809 g/mol. The molecule has 15 heteroatoms. The number of benzene rings is 2. The molecule has 0 bridgehead atoms. The standard InChI is InChI=1S/C44H56N8O7/c1-26(2)36(49-42(55)57-5)40(53)51-19-7-8-34(51)38-45-23-32(47-38)30-13-9-28(10-14-30)29-11-15-31(16-12-29)33-24-46-39(48-33)35-22-44(17-20-59-21-18-44)25-52(35)41(54)37(27(3)4)50-43(56)58-6/h9-16,23-24,26-27,34-37H,7-8,17-22,25H2,1-6H3,(H,45,47)(H,46,48)(H,49,55)(H,50,56)/t34?,35?,36-,37-/m0/s1. The minimum Gasteiger partial charge on any atom is -0.453 e. The third-order valence-corrected chi connectivity index (χ3v) is 12.2. The number of nitrogens with zero attached hydrogens (tertiary/aromatic N) is 4. The fourth-order valence-corrected chi connectivity index (χ4v) is 8.76. The normalized spacial score (nSPS) is 19.9. The molecule has 2 unspecified atom stereocenters. The Morgan fingerprint density at radius 1 is 0.712 bits per heavy atom. The molecule has 1 spiro atoms. The largest absolute Gasteiger partial charge is 0.453 e. The van der Waals surface area contributed by atoms with E-state index in [0.717, 1.165) is 77.4 Å². The zero-order valence-corrected chi connectivity index (χ0v) is 34.7. The van der Waals surface area contributed by atoms with Crippen LogP contribution in [0.3, 0.4) is 0 Å². The molecule has 5 heterocycles. The number of hydrogen-bond donors (Lipinski definition) is 4. The number of methoxy groups -OCH3 is 2. The molecule has 2 aromatic carbocycles. The molecule has 7 rings (SSSR count). The van der Waals surface area contributed by atoms with Crippen LogP contribution in [0.4, 0.5) is 9.59 Å². The fraction of sp³-hybridized carbons (Fsp3) is 0.500. The van der Waals surface area contributed by atoms with Gasteiger partial charge in [-0.25, -0.2) is 19.6 Å². The number of likely N-dealkylation sites (tertiary alicyclic amines) is 2. The molecule has 4 aromatic rings. The number of H-pyrrole nitrogens is 2. The number of rotatable bonds is 11. The fourth-order valence-electron chi connectivity index (χ4n) is 8.76. The zero-order valence-electron chi connectivity index (χ0n) is 34.7. The third-order valence-electron chi connectivity index (χ3n) is 12.2. The molecule has 0 aliphatic carbocycles. The molecule has 3 fully saturated rings. The second kappa shape index (κ2) is 17.7. The summed E-state index contributed by atoms with van der Waals surface area (Å²) in [6, 6.07) is 14.6. The van der Waals surface area contributed by atoms with Crippen LogP contribution in [0.2, 0.25) is 0 Å². The summed E-state index contributed by atoms with van der Waals surface area (Å²) in [5.41, 5.74) is 5.69. The maximum absolute atomic E-state index is 14.1. The topological polar surface area (TPSA) is 184 Å². The van der Waals surface area contributed by atoms with E-state index in [1.807, 2.05) is 43.7 Å². The van der Waals surface area contributed by atoms with Crippen molar-refractivity contribution in [2.24, 2.45) is 17.3 Å². The van der Waals surface area contributed by atoms with E-state index in [1.165, 1.54) is 14.2 Å². The van der Waals surface area contributed by atoms with Crippen molar-refractivity contribution in [1.29, 1.82) is 0 Å². The molecule has 4 atom stereocenters. The molecule has 3 aliphatic rings. The van der Waals surface area contributed by atoms with E-state index in [-0.39, 0.29) is 41.1 Å². The van der Waals surface area contributed by atoms with Crippen LogP contribution in [-0.4, -0.2) is 106 Å². The van der Waals surface area contributed by atoms with Crippen LogP contribution >= 0.6 is 0 Å². The van der Waals surface area contributed by atoms with Crippen molar-refractivity contribution in [1.82, 2.24) is 40.4 Å². The predicted octanol–water partition coefficient (Wildman–Crippen LogP) is 6.63. The van der Waals surface area contributed by atoms with Gasteiger partial charge in [0.05, 0.1) is 50.1 Å². The van der Waals surface area contributed by atoms with Crippen molar-refractivity contribution in [2.45, 2.75) is 84.0 Å². The van der Waals surface area contributed by atoms with Crippen molar-refractivity contribution in [3.8, 4) is 33.6 Å². The first kappa shape index (κ1) is 41.5. The van der Waals surface area contributed by atoms with E-state index in [1.54, 1.807) is 6.20 Å². The average Bonchev–Trinajstić information content (AvgIpc) is 4.08. The van der Waals surface area contributed by atoms with Gasteiger partial charge in [-0.3, -0.25) is 9.59 Å². The molecule has 0 saturated carbocycles. The van der Waals surface area contributed by atoms with E-state index in [2.05, 4.69) is 74.1 Å². The number of aromatic amines is 2. The minimum absolute atomic E-state index is 0.0737. The highest BCUT2D eigenvalue weighted by atomic mass is 16.5. The van der Waals surface area contributed by atoms with Gasteiger partial charge in [-0.2, -0.15) is 0 Å². The molecule has 4 amide bonds. The highest BCUT2D eigenvalue weighted by molar-refractivity contribution is 5.87. The van der Waals surface area contributed by atoms with E-state index in [9.17, 15) is 19.2 Å². The quantitative estimate of drug-likeness (QED) is 0.129. The molecule has 3 saturated heterocycles. The number of aromatic nitrogens is 4. The van der Waals surface area contributed by atoms with Gasteiger partial charge in [0.25, 0.3) is 0 Å². The Labute approximate surface area is 345 Å². The lowest BCUT2D eigenvalue weighted by molar-refractivity contribution is -0.136. The second-order valence-electron chi connectivity index (χ2n) is 16.7. The maximum atomic E-state index is 14.1. The lowest BCUT2D eigenvalue weighted by atomic mass is 9.78. The Bertz CT molecular complexity index is 2100. The summed E-state index contributed by atoms with van der Waals surface area (Å²) in [7, 11) is 2.59. The van der Waals surface area contributed by atoms with Crippen molar-refractivity contribution >= 4 is 24.0 Å². The Hall–Kier alpha value is -5.70. The number of imidazole rings is 2. The highest BCUT2D eigenvalue weighted by Crippen LogP contribution is 2.49. The van der Waals surface area contributed by atoms with Crippen LogP contribution in [0.25, 0.3) is 33.6 Å². The first-order chi connectivity index (χ1) is 28.4. The second-order valence-corrected chi connectivity index (χ2v) is 16.7. The Morgan fingerprint density at radius 3 is 1.64 bits per heavy atom. The van der Waals surface area contributed by atoms with Crippen molar-refractivity contribution in [3.05, 3.63) is 72.6 Å². The van der Waals surface area contributed by atoms with Gasteiger partial charge in [-0.15, -0.1) is 0 Å². The number of amides is 4. The number of nitrogens with one attached hydrogen (secondary N) is 4. The summed E-state index contributed by atoms with van der Waals surface area (Å²) in [6.45, 7) is 10.1. The summed E-state index contributed by atoms with van der Waals surface area (Å²) in [6.07, 6.45) is 6.49. The summed E-state index contributed by atoms with van der Waals surface area (Å²) in [4.78, 5) is 72.0. The van der Waals surface area contributed by atoms with Crippen LogP contribution in [0, 0.1) is 17.3 Å². The molecular weight excluding hydrogens is 753 g/mol. The van der Waals surface area contributed by atoms with E-state index >= 15 is 0 Å². The molecule has 15 nitrogen and oxygen atoms in total. The minimum atomic E-state index is -0.727. The van der Waals surface area contributed by atoms with E-state index in [0.29, 0.717) is 26.3 Å². The van der Waals surface area contributed by atoms with Crippen LogP contribution in [0.5, 0.6) is 0 Å². The number of hydrogen-bond acceptors (Lipinski definition) is 9. The Kier molecular flexibility index (Phi) is 12.4. The maximum Gasteiger partial charge on any atom is 0.407 e. The summed E-state index contributed by atoms with van der Waals surface area (Å²) in [5.74, 6) is 0.918. The third kappa shape index (κ3) is 8.85. The van der Waals surface area contributed by atoms with Gasteiger partial charge in [0, 0.05) is 26.3 Å². The molecular formula is C44H56N8O7. The SMILES string of the molecule is COC(=O)N[C@H](C(=O)N1CCCC1c1ncc(-c2ccc(-c3ccc(-c4cnc(C5CC6(CCOCC6)CN5C(=O)[C@@H](NC(=O)OC)C(C)C)[nH]4)cc3)cc2)[nH]1)C(C)C. The summed E-state index contributed by atoms with van der Waals surface area (Å²) >= 11 is 0. The first-order valence-corrected chi connectivity index (χ1v) is 20.6. The van der Waals surface area contributed by atoms with Gasteiger partial charge < -0.3 is 44.6 Å². The Morgan fingerprint density at radius 2 is 1.17 bits per heavy atom. The van der Waals surface area contributed by atoms with Gasteiger partial charge >= 0.3 is 12.2 Å². The van der Waals surface area contributed by atoms with Crippen LogP contribution in [-0.2, 0) is 23.8 Å². The molecule has 3 aliphatic heterocycles. The number of carbonyl (C=O) groups is 4. The van der Waals surface area contributed by atoms with Gasteiger partial charge in [0.1, 0.15) is 23.7 Å². The molecule has 314 valence electrons. The van der Waals surface area contributed by atoms with Crippen molar-refractivity contribution in [2.75, 3.05) is 40.5 Å². The van der Waals surface area contributed by atoms with Gasteiger partial charge in [-0.1, -0.05) is 76.2 Å². The van der Waals surface area contributed by atoms with E-state index < -0.39 is 24.3 Å². The lowest BCUT2D eigenvalue weighted by Gasteiger charge is -2.34. The number of ether oxygens (including phenoxy) is 3. The lowest BCUT2D eigenvalue weighted by Crippen LogP contribution is -2.51. The Balaban J connectivity index is 1.04. The van der Waals surface area contributed by atoms with E-state index in [4.69, 9.17) is 19.2 Å². The molecule has 4 N–H and O–H groups in total. The van der Waals surface area contributed by atoms with Crippen molar-refractivity contribution in [3.63, 3.8) is 0 Å². The van der Waals surface area contributed by atoms with Gasteiger partial charge in [-0.05, 0) is 71.6 Å². The van der Waals surface area contributed by atoms with Crippen LogP contribution in [0.1, 0.15) is 83.5 Å². The zero-order chi connectivity index (χ0) is 41.8. The predicted molar refractivity (Wildman–Crippen MR) is 221 cm³/mol. The number of carbonyl (C=O) groups excluding carboxylic acids is 4. The molecule has 59 heavy (non-hydrogen) atoms. The smallest absolute Gasteiger partial charge is 0.407 e.